The maximum Gasteiger partial charge on any atom is 0.233 e. The van der Waals surface area contributed by atoms with E-state index in [0.717, 1.165) is 21.2 Å². The summed E-state index contributed by atoms with van der Waals surface area (Å²) < 4.78 is 6.76. The minimum Gasteiger partial charge on any atom is -0.459 e. The van der Waals surface area contributed by atoms with E-state index in [-0.39, 0.29) is 18.5 Å². The van der Waals surface area contributed by atoms with Gasteiger partial charge in [-0.05, 0) is 31.2 Å². The maximum absolute atomic E-state index is 11.2. The Balaban J connectivity index is 2.13. The van der Waals surface area contributed by atoms with Gasteiger partial charge in [0.15, 0.2) is 0 Å². The summed E-state index contributed by atoms with van der Waals surface area (Å²) in [6.45, 7) is 2.24. The summed E-state index contributed by atoms with van der Waals surface area (Å²) in [6, 6.07) is 7.86. The lowest BCUT2D eigenvalue weighted by Gasteiger charge is -2.09. The van der Waals surface area contributed by atoms with Crippen molar-refractivity contribution in [2.75, 3.05) is 13.6 Å². The fourth-order valence-electron chi connectivity index (χ4n) is 1.68. The Morgan fingerprint density at radius 3 is 2.94 bits per heavy atom. The molecule has 0 aliphatic rings. The van der Waals surface area contributed by atoms with Gasteiger partial charge >= 0.3 is 0 Å². The lowest BCUT2D eigenvalue weighted by atomic mass is 10.2. The van der Waals surface area contributed by atoms with Gasteiger partial charge in [-0.25, -0.2) is 0 Å². The first-order valence-corrected chi connectivity index (χ1v) is 6.52. The SMILES string of the molecule is CNC(=O)CNC(C)c1cc2cc(Br)ccc2o1. The third-order valence-corrected chi connectivity index (χ3v) is 3.27. The fourth-order valence-corrected chi connectivity index (χ4v) is 2.06. The zero-order chi connectivity index (χ0) is 13.1. The number of amides is 1. The molecule has 2 aromatic rings. The molecule has 96 valence electrons. The number of hydrogen-bond acceptors (Lipinski definition) is 3. The van der Waals surface area contributed by atoms with Gasteiger partial charge in [0.25, 0.3) is 0 Å². The van der Waals surface area contributed by atoms with Crippen molar-refractivity contribution in [3.8, 4) is 0 Å². The van der Waals surface area contributed by atoms with Crippen LogP contribution in [0.1, 0.15) is 18.7 Å². The summed E-state index contributed by atoms with van der Waals surface area (Å²) in [5.41, 5.74) is 0.849. The number of furan rings is 1. The van der Waals surface area contributed by atoms with Crippen molar-refractivity contribution in [2.45, 2.75) is 13.0 Å². The molecule has 1 atom stereocenters. The standard InChI is InChI=1S/C13H15BrN2O2/c1-8(16-7-13(17)15-2)12-6-9-5-10(14)3-4-11(9)18-12/h3-6,8,16H,7H2,1-2H3,(H,15,17). The van der Waals surface area contributed by atoms with Crippen LogP contribution >= 0.6 is 15.9 Å². The molecule has 4 nitrogen and oxygen atoms in total. The molecular weight excluding hydrogens is 296 g/mol. The molecule has 2 N–H and O–H groups in total. The van der Waals surface area contributed by atoms with Gasteiger partial charge in [0, 0.05) is 16.9 Å². The van der Waals surface area contributed by atoms with Crippen LogP contribution in [0.4, 0.5) is 0 Å². The Morgan fingerprint density at radius 1 is 1.44 bits per heavy atom. The highest BCUT2D eigenvalue weighted by Crippen LogP contribution is 2.26. The number of halogens is 1. The molecule has 1 aromatic carbocycles. The topological polar surface area (TPSA) is 54.3 Å². The number of carbonyl (C=O) groups is 1. The largest absolute Gasteiger partial charge is 0.459 e. The number of rotatable bonds is 4. The van der Waals surface area contributed by atoms with E-state index in [9.17, 15) is 4.79 Å². The first-order chi connectivity index (χ1) is 8.60. The number of nitrogens with one attached hydrogen (secondary N) is 2. The molecule has 0 aliphatic heterocycles. The summed E-state index contributed by atoms with van der Waals surface area (Å²) >= 11 is 3.43. The Hall–Kier alpha value is -1.33. The lowest BCUT2D eigenvalue weighted by Crippen LogP contribution is -2.32. The number of carbonyl (C=O) groups excluding carboxylic acids is 1. The second-order valence-corrected chi connectivity index (χ2v) is 5.02. The monoisotopic (exact) mass is 310 g/mol. The van der Waals surface area contributed by atoms with Crippen molar-refractivity contribution in [2.24, 2.45) is 0 Å². The lowest BCUT2D eigenvalue weighted by molar-refractivity contribution is -0.119. The molecule has 0 radical (unpaired) electrons. The molecule has 0 saturated heterocycles. The van der Waals surface area contributed by atoms with Crippen molar-refractivity contribution in [1.82, 2.24) is 10.6 Å². The molecule has 0 bridgehead atoms. The number of likely N-dealkylation sites (N-methyl/N-ethyl adjacent to an activating group) is 1. The van der Waals surface area contributed by atoms with Gasteiger partial charge < -0.3 is 9.73 Å². The average molecular weight is 311 g/mol. The Labute approximate surface area is 114 Å². The van der Waals surface area contributed by atoms with Gasteiger partial charge in [0.05, 0.1) is 12.6 Å². The third-order valence-electron chi connectivity index (χ3n) is 2.77. The summed E-state index contributed by atoms with van der Waals surface area (Å²) in [7, 11) is 1.62. The minimum absolute atomic E-state index is 0.00604. The van der Waals surface area contributed by atoms with Gasteiger partial charge in [0.2, 0.25) is 5.91 Å². The van der Waals surface area contributed by atoms with E-state index in [4.69, 9.17) is 4.42 Å². The zero-order valence-electron chi connectivity index (χ0n) is 10.3. The van der Waals surface area contributed by atoms with Gasteiger partial charge in [0.1, 0.15) is 11.3 Å². The van der Waals surface area contributed by atoms with Crippen molar-refractivity contribution in [1.29, 1.82) is 0 Å². The van der Waals surface area contributed by atoms with E-state index in [1.165, 1.54) is 0 Å². The van der Waals surface area contributed by atoms with Crippen LogP contribution in [0.5, 0.6) is 0 Å². The van der Waals surface area contributed by atoms with E-state index in [2.05, 4.69) is 26.6 Å². The second-order valence-electron chi connectivity index (χ2n) is 4.11. The van der Waals surface area contributed by atoms with E-state index in [1.54, 1.807) is 7.05 Å². The molecule has 5 heteroatoms. The van der Waals surface area contributed by atoms with E-state index in [0.29, 0.717) is 0 Å². The van der Waals surface area contributed by atoms with E-state index >= 15 is 0 Å². The van der Waals surface area contributed by atoms with Crippen molar-refractivity contribution >= 4 is 32.8 Å². The zero-order valence-corrected chi connectivity index (χ0v) is 11.9. The Morgan fingerprint density at radius 2 is 2.22 bits per heavy atom. The molecule has 1 amide bonds. The molecule has 0 spiro atoms. The number of benzene rings is 1. The van der Waals surface area contributed by atoms with Crippen LogP contribution in [0.15, 0.2) is 33.2 Å². The molecule has 1 heterocycles. The molecule has 0 saturated carbocycles. The van der Waals surface area contributed by atoms with Crippen LogP contribution in [0.2, 0.25) is 0 Å². The molecule has 1 aromatic heterocycles. The molecule has 2 rings (SSSR count). The van der Waals surface area contributed by atoms with Crippen LogP contribution in [-0.2, 0) is 4.79 Å². The highest BCUT2D eigenvalue weighted by atomic mass is 79.9. The van der Waals surface area contributed by atoms with Crippen molar-refractivity contribution in [3.05, 3.63) is 34.5 Å². The maximum atomic E-state index is 11.2. The molecule has 18 heavy (non-hydrogen) atoms. The minimum atomic E-state index is -0.0410. The molecule has 0 fully saturated rings. The van der Waals surface area contributed by atoms with Gasteiger partial charge in [-0.1, -0.05) is 15.9 Å². The number of hydrogen-bond donors (Lipinski definition) is 2. The highest BCUT2D eigenvalue weighted by molar-refractivity contribution is 9.10. The van der Waals surface area contributed by atoms with E-state index in [1.807, 2.05) is 31.2 Å². The van der Waals surface area contributed by atoms with Crippen LogP contribution in [-0.4, -0.2) is 19.5 Å². The van der Waals surface area contributed by atoms with Gasteiger partial charge in [-0.15, -0.1) is 0 Å². The fraction of sp³-hybridized carbons (Fsp3) is 0.308. The smallest absolute Gasteiger partial charge is 0.233 e. The first kappa shape index (κ1) is 13.1. The summed E-state index contributed by atoms with van der Waals surface area (Å²) in [4.78, 5) is 11.2. The van der Waals surface area contributed by atoms with Crippen molar-refractivity contribution in [3.63, 3.8) is 0 Å². The van der Waals surface area contributed by atoms with Crippen LogP contribution in [0.3, 0.4) is 0 Å². The number of fused-ring (bicyclic) bond motifs is 1. The summed E-state index contributed by atoms with van der Waals surface area (Å²) in [6.07, 6.45) is 0. The molecule has 1 unspecified atom stereocenters. The normalized spacial score (nSPS) is 12.6. The quantitative estimate of drug-likeness (QED) is 0.912. The Bertz CT molecular complexity index is 565. The predicted molar refractivity (Wildman–Crippen MR) is 74.4 cm³/mol. The van der Waals surface area contributed by atoms with Crippen molar-refractivity contribution < 1.29 is 9.21 Å². The predicted octanol–water partition coefficient (Wildman–Crippen LogP) is 2.59. The molecular formula is C13H15BrN2O2. The third kappa shape index (κ3) is 2.91. The van der Waals surface area contributed by atoms with E-state index < -0.39 is 0 Å². The van der Waals surface area contributed by atoms with Gasteiger partial charge in [-0.3, -0.25) is 10.1 Å². The molecule has 0 aliphatic carbocycles. The summed E-state index contributed by atoms with van der Waals surface area (Å²) in [5, 5.41) is 6.72. The van der Waals surface area contributed by atoms with Gasteiger partial charge in [-0.2, -0.15) is 0 Å². The average Bonchev–Trinajstić information content (AvgIpc) is 2.78. The van der Waals surface area contributed by atoms with Crippen LogP contribution < -0.4 is 10.6 Å². The summed E-state index contributed by atoms with van der Waals surface area (Å²) in [5.74, 6) is 0.785. The second kappa shape index (κ2) is 5.54. The van der Waals surface area contributed by atoms with Crippen LogP contribution in [0, 0.1) is 0 Å². The highest BCUT2D eigenvalue weighted by Gasteiger charge is 2.12. The Kier molecular flexibility index (Phi) is 4.04. The first-order valence-electron chi connectivity index (χ1n) is 5.73. The van der Waals surface area contributed by atoms with Crippen LogP contribution in [0.25, 0.3) is 11.0 Å².